The summed E-state index contributed by atoms with van der Waals surface area (Å²) in [6.07, 6.45) is 1.69. The van der Waals surface area contributed by atoms with Crippen LogP contribution >= 0.6 is 24.0 Å². The second-order valence-electron chi connectivity index (χ2n) is 7.32. The van der Waals surface area contributed by atoms with Crippen LogP contribution in [0, 0.1) is 0 Å². The first-order valence-corrected chi connectivity index (χ1v) is 10.5. The van der Waals surface area contributed by atoms with Crippen molar-refractivity contribution in [2.24, 2.45) is 0 Å². The molecule has 1 unspecified atom stereocenters. The van der Waals surface area contributed by atoms with Crippen LogP contribution < -0.4 is 5.32 Å². The molecular weight excluding hydrogens is 388 g/mol. The normalized spacial score (nSPS) is 18.8. The van der Waals surface area contributed by atoms with Gasteiger partial charge in [0.05, 0.1) is 0 Å². The third-order valence-corrected chi connectivity index (χ3v) is 6.41. The van der Waals surface area contributed by atoms with Gasteiger partial charge in [-0.1, -0.05) is 72.5 Å². The molecule has 1 aliphatic heterocycles. The van der Waals surface area contributed by atoms with Gasteiger partial charge in [-0.05, 0) is 44.4 Å². The summed E-state index contributed by atoms with van der Waals surface area (Å²) in [4.78, 5) is 27.4. The van der Waals surface area contributed by atoms with Crippen molar-refractivity contribution >= 4 is 40.1 Å². The molecule has 1 atom stereocenters. The summed E-state index contributed by atoms with van der Waals surface area (Å²) < 4.78 is 0.0717. The van der Waals surface area contributed by atoms with E-state index in [2.05, 4.69) is 17.4 Å². The number of nitrogens with zero attached hydrogens (tertiary/aromatic N) is 1. The lowest BCUT2D eigenvalue weighted by atomic mass is 10.00. The van der Waals surface area contributed by atoms with Crippen LogP contribution in [-0.2, 0) is 11.2 Å². The number of hydrogen-bond donors (Lipinski definition) is 1. The molecule has 28 heavy (non-hydrogen) atoms. The second-order valence-corrected chi connectivity index (χ2v) is 9.61. The van der Waals surface area contributed by atoms with Crippen molar-refractivity contribution in [3.63, 3.8) is 0 Å². The molecule has 0 spiro atoms. The molecule has 1 fully saturated rings. The maximum Gasteiger partial charge on any atom is 0.252 e. The van der Waals surface area contributed by atoms with Crippen LogP contribution in [0.2, 0.25) is 0 Å². The highest BCUT2D eigenvalue weighted by Crippen LogP contribution is 2.36. The summed E-state index contributed by atoms with van der Waals surface area (Å²) in [6.45, 7) is 4.44. The largest absolute Gasteiger partial charge is 0.339 e. The van der Waals surface area contributed by atoms with Crippen LogP contribution in [0.1, 0.15) is 36.2 Å². The van der Waals surface area contributed by atoms with E-state index in [0.29, 0.717) is 16.4 Å². The van der Waals surface area contributed by atoms with Crippen molar-refractivity contribution in [1.82, 2.24) is 10.2 Å². The molecule has 146 valence electrons. The van der Waals surface area contributed by atoms with Gasteiger partial charge in [0.2, 0.25) is 0 Å². The molecule has 0 bridgehead atoms. The topological polar surface area (TPSA) is 49.4 Å². The van der Waals surface area contributed by atoms with E-state index in [4.69, 9.17) is 12.2 Å². The Balaban J connectivity index is 1.68. The van der Waals surface area contributed by atoms with Gasteiger partial charge in [0.25, 0.3) is 11.8 Å². The van der Waals surface area contributed by atoms with Crippen molar-refractivity contribution < 1.29 is 9.59 Å². The van der Waals surface area contributed by atoms with Gasteiger partial charge in [0.15, 0.2) is 0 Å². The summed E-state index contributed by atoms with van der Waals surface area (Å²) in [7, 11) is 0. The quantitative estimate of drug-likeness (QED) is 0.727. The van der Waals surface area contributed by atoms with E-state index in [1.54, 1.807) is 17.0 Å². The molecular formula is C22H24N2O2S2. The number of thioether (sulfide) groups is 1. The van der Waals surface area contributed by atoms with Crippen molar-refractivity contribution in [2.75, 3.05) is 6.54 Å². The summed E-state index contributed by atoms with van der Waals surface area (Å²) in [5.41, 5.74) is 1.78. The van der Waals surface area contributed by atoms with E-state index in [0.717, 1.165) is 12.8 Å². The van der Waals surface area contributed by atoms with Gasteiger partial charge in [-0.3, -0.25) is 14.5 Å². The van der Waals surface area contributed by atoms with E-state index in [1.165, 1.54) is 17.3 Å². The lowest BCUT2D eigenvalue weighted by molar-refractivity contribution is -0.130. The highest BCUT2D eigenvalue weighted by atomic mass is 32.2. The van der Waals surface area contributed by atoms with E-state index < -0.39 is 10.8 Å². The van der Waals surface area contributed by atoms with Gasteiger partial charge in [-0.2, -0.15) is 0 Å². The number of aryl methyl sites for hydroxylation is 1. The smallest absolute Gasteiger partial charge is 0.252 e. The molecule has 1 aliphatic rings. The molecule has 2 amide bonds. The number of amides is 2. The first-order chi connectivity index (χ1) is 13.4. The number of nitrogens with one attached hydrogen (secondary N) is 1. The molecule has 4 nitrogen and oxygen atoms in total. The standard InChI is InChI=1S/C22H24N2O2S2/c1-22(2)18(23-19(25)17-13-7-4-8-14-17)20(26)24(21(27)28-22)15-9-12-16-10-5-3-6-11-16/h3-8,10-11,13-14,18H,9,12,15H2,1-2H3,(H,23,25). The molecule has 0 aromatic heterocycles. The monoisotopic (exact) mass is 412 g/mol. The Morgan fingerprint density at radius 2 is 1.71 bits per heavy atom. The molecule has 0 radical (unpaired) electrons. The summed E-state index contributed by atoms with van der Waals surface area (Å²) >= 11 is 6.97. The highest BCUT2D eigenvalue weighted by Gasteiger charge is 2.46. The Bertz CT molecular complexity index is 853. The fourth-order valence-electron chi connectivity index (χ4n) is 3.21. The third-order valence-electron chi connectivity index (χ3n) is 4.78. The molecule has 0 saturated carbocycles. The Kier molecular flexibility index (Phi) is 6.52. The average molecular weight is 413 g/mol. The Hall–Kier alpha value is -2.18. The van der Waals surface area contributed by atoms with Crippen LogP contribution in [0.5, 0.6) is 0 Å². The van der Waals surface area contributed by atoms with Crippen LogP contribution in [0.4, 0.5) is 0 Å². The molecule has 3 rings (SSSR count). The Morgan fingerprint density at radius 3 is 2.36 bits per heavy atom. The molecule has 6 heteroatoms. The Labute approximate surface area is 175 Å². The lowest BCUT2D eigenvalue weighted by Crippen LogP contribution is -2.62. The third kappa shape index (κ3) is 4.80. The Morgan fingerprint density at radius 1 is 1.11 bits per heavy atom. The molecule has 2 aromatic rings. The number of carbonyl (C=O) groups excluding carboxylic acids is 2. The zero-order valence-corrected chi connectivity index (χ0v) is 17.7. The molecule has 0 aliphatic carbocycles. The minimum atomic E-state index is -0.631. The summed E-state index contributed by atoms with van der Waals surface area (Å²) in [5, 5.41) is 2.92. The minimum Gasteiger partial charge on any atom is -0.339 e. The summed E-state index contributed by atoms with van der Waals surface area (Å²) in [6, 6.07) is 18.5. The molecule has 1 heterocycles. The molecule has 2 aromatic carbocycles. The van der Waals surface area contributed by atoms with Gasteiger partial charge in [-0.25, -0.2) is 0 Å². The summed E-state index contributed by atoms with van der Waals surface area (Å²) in [5.74, 6) is -0.379. The number of thiocarbonyl (C=S) groups is 1. The maximum absolute atomic E-state index is 13.2. The van der Waals surface area contributed by atoms with Crippen molar-refractivity contribution in [1.29, 1.82) is 0 Å². The van der Waals surface area contributed by atoms with Crippen molar-refractivity contribution in [3.8, 4) is 0 Å². The number of rotatable bonds is 6. The second kappa shape index (κ2) is 8.88. The predicted octanol–water partition coefficient (Wildman–Crippen LogP) is 4.06. The average Bonchev–Trinajstić information content (AvgIpc) is 2.68. The van der Waals surface area contributed by atoms with Gasteiger partial charge in [0, 0.05) is 16.9 Å². The van der Waals surface area contributed by atoms with E-state index in [-0.39, 0.29) is 11.8 Å². The van der Waals surface area contributed by atoms with E-state index in [1.807, 2.05) is 50.2 Å². The first kappa shape index (κ1) is 20.6. The van der Waals surface area contributed by atoms with Gasteiger partial charge in [0.1, 0.15) is 10.4 Å². The van der Waals surface area contributed by atoms with Gasteiger partial charge >= 0.3 is 0 Å². The van der Waals surface area contributed by atoms with E-state index in [9.17, 15) is 9.59 Å². The van der Waals surface area contributed by atoms with Crippen LogP contribution in [-0.4, -0.2) is 38.4 Å². The number of carbonyl (C=O) groups is 2. The van der Waals surface area contributed by atoms with Crippen LogP contribution in [0.15, 0.2) is 60.7 Å². The fourth-order valence-corrected chi connectivity index (χ4v) is 5.05. The lowest BCUT2D eigenvalue weighted by Gasteiger charge is -2.42. The molecule has 1 N–H and O–H groups in total. The number of benzene rings is 2. The highest BCUT2D eigenvalue weighted by molar-refractivity contribution is 8.24. The van der Waals surface area contributed by atoms with Crippen molar-refractivity contribution in [2.45, 2.75) is 37.5 Å². The number of hydrogen-bond acceptors (Lipinski definition) is 4. The zero-order chi connectivity index (χ0) is 20.1. The van der Waals surface area contributed by atoms with Crippen LogP contribution in [0.3, 0.4) is 0 Å². The SMILES string of the molecule is CC1(C)SC(=S)N(CCCc2ccccc2)C(=O)C1NC(=O)c1ccccc1. The zero-order valence-electron chi connectivity index (χ0n) is 16.1. The minimum absolute atomic E-state index is 0.133. The van der Waals surface area contributed by atoms with Crippen LogP contribution in [0.25, 0.3) is 0 Å². The molecule has 1 saturated heterocycles. The maximum atomic E-state index is 13.2. The van der Waals surface area contributed by atoms with E-state index >= 15 is 0 Å². The predicted molar refractivity (Wildman–Crippen MR) is 118 cm³/mol. The van der Waals surface area contributed by atoms with Gasteiger partial charge < -0.3 is 5.32 Å². The first-order valence-electron chi connectivity index (χ1n) is 9.33. The fraction of sp³-hybridized carbons (Fsp3) is 0.318. The van der Waals surface area contributed by atoms with Gasteiger partial charge in [-0.15, -0.1) is 0 Å². The van der Waals surface area contributed by atoms with Crippen molar-refractivity contribution in [3.05, 3.63) is 71.8 Å².